The van der Waals surface area contributed by atoms with E-state index in [0.717, 1.165) is 0 Å². The van der Waals surface area contributed by atoms with Crippen LogP contribution in [0.1, 0.15) is 17.3 Å². The molecule has 0 saturated heterocycles. The van der Waals surface area contributed by atoms with E-state index in [0.29, 0.717) is 5.56 Å². The van der Waals surface area contributed by atoms with Crippen molar-refractivity contribution >= 4 is 11.9 Å². The third-order valence-corrected chi connectivity index (χ3v) is 2.22. The molecule has 0 aliphatic rings. The quantitative estimate of drug-likeness (QED) is 0.679. The lowest BCUT2D eigenvalue weighted by molar-refractivity contribution is -0.139. The van der Waals surface area contributed by atoms with Gasteiger partial charge in [0.05, 0.1) is 6.04 Å². The highest BCUT2D eigenvalue weighted by atomic mass is 16.4. The van der Waals surface area contributed by atoms with Gasteiger partial charge in [-0.15, -0.1) is 0 Å². The summed E-state index contributed by atoms with van der Waals surface area (Å²) in [6, 6.07) is 6.83. The van der Waals surface area contributed by atoms with Crippen LogP contribution in [0.5, 0.6) is 0 Å². The van der Waals surface area contributed by atoms with E-state index >= 15 is 0 Å². The first-order valence-corrected chi connectivity index (χ1v) is 4.86. The smallest absolute Gasteiger partial charge is 0.322 e. The van der Waals surface area contributed by atoms with Gasteiger partial charge < -0.3 is 16.2 Å². The largest absolute Gasteiger partial charge is 0.480 e. The molecule has 0 aromatic heterocycles. The van der Waals surface area contributed by atoms with Crippen LogP contribution in [-0.2, 0) is 4.79 Å². The molecule has 0 aliphatic heterocycles. The van der Waals surface area contributed by atoms with Gasteiger partial charge in [0.25, 0.3) is 5.91 Å². The summed E-state index contributed by atoms with van der Waals surface area (Å²) in [5.41, 5.74) is 5.85. The van der Waals surface area contributed by atoms with Gasteiger partial charge >= 0.3 is 5.97 Å². The predicted molar refractivity (Wildman–Crippen MR) is 59.0 cm³/mol. The number of carbonyl (C=O) groups excluding carboxylic acids is 1. The average Bonchev–Trinajstić information content (AvgIpc) is 2.28. The minimum Gasteiger partial charge on any atom is -0.480 e. The number of nitrogens with one attached hydrogen (secondary N) is 1. The van der Waals surface area contributed by atoms with Gasteiger partial charge in [-0.05, 0) is 19.1 Å². The second kappa shape index (κ2) is 5.27. The summed E-state index contributed by atoms with van der Waals surface area (Å²) in [4.78, 5) is 22.2. The number of hydrogen-bond acceptors (Lipinski definition) is 3. The first-order valence-electron chi connectivity index (χ1n) is 4.86. The molecule has 5 nitrogen and oxygen atoms in total. The Morgan fingerprint density at radius 2 is 1.88 bits per heavy atom. The summed E-state index contributed by atoms with van der Waals surface area (Å²) < 4.78 is 0. The maximum Gasteiger partial charge on any atom is 0.322 e. The summed E-state index contributed by atoms with van der Waals surface area (Å²) in [7, 11) is 0. The highest BCUT2D eigenvalue weighted by molar-refractivity contribution is 5.94. The van der Waals surface area contributed by atoms with Crippen molar-refractivity contribution in [2.45, 2.75) is 19.0 Å². The molecule has 1 aromatic carbocycles. The zero-order chi connectivity index (χ0) is 12.1. The van der Waals surface area contributed by atoms with Gasteiger partial charge in [0, 0.05) is 5.56 Å². The maximum absolute atomic E-state index is 11.6. The molecule has 86 valence electrons. The number of nitrogens with two attached hydrogens (primary N) is 1. The molecular formula is C11H14N2O3. The molecule has 0 spiro atoms. The Morgan fingerprint density at radius 3 is 2.38 bits per heavy atom. The molecule has 2 atom stereocenters. The van der Waals surface area contributed by atoms with E-state index in [4.69, 9.17) is 10.8 Å². The van der Waals surface area contributed by atoms with Gasteiger partial charge in [0.15, 0.2) is 0 Å². The van der Waals surface area contributed by atoms with Crippen molar-refractivity contribution in [3.05, 3.63) is 35.9 Å². The van der Waals surface area contributed by atoms with Crippen molar-refractivity contribution in [3.63, 3.8) is 0 Å². The van der Waals surface area contributed by atoms with Crippen LogP contribution in [0.3, 0.4) is 0 Å². The van der Waals surface area contributed by atoms with E-state index in [1.165, 1.54) is 0 Å². The Morgan fingerprint density at radius 1 is 1.31 bits per heavy atom. The standard InChI is InChI=1S/C11H14N2O3/c1-7(9(12)11(15)16)13-10(14)8-5-3-2-4-6-8/h2-7,9H,12H2,1H3,(H,13,14)(H,15,16). The van der Waals surface area contributed by atoms with Crippen molar-refractivity contribution in [1.82, 2.24) is 5.32 Å². The fourth-order valence-electron chi connectivity index (χ4n) is 1.18. The normalized spacial score (nSPS) is 13.9. The molecule has 1 amide bonds. The molecule has 0 radical (unpaired) electrons. The summed E-state index contributed by atoms with van der Waals surface area (Å²) in [5, 5.41) is 11.2. The third-order valence-electron chi connectivity index (χ3n) is 2.22. The second-order valence-corrected chi connectivity index (χ2v) is 3.49. The number of carbonyl (C=O) groups is 2. The van der Waals surface area contributed by atoms with Crippen LogP contribution in [0.15, 0.2) is 30.3 Å². The summed E-state index contributed by atoms with van der Waals surface area (Å²) in [6.07, 6.45) is 0. The van der Waals surface area contributed by atoms with Crippen molar-refractivity contribution in [2.24, 2.45) is 5.73 Å². The maximum atomic E-state index is 11.6. The van der Waals surface area contributed by atoms with Crippen LogP contribution in [0.25, 0.3) is 0 Å². The topological polar surface area (TPSA) is 92.4 Å². The van der Waals surface area contributed by atoms with Crippen LogP contribution < -0.4 is 11.1 Å². The van der Waals surface area contributed by atoms with Gasteiger partial charge in [-0.2, -0.15) is 0 Å². The van der Waals surface area contributed by atoms with E-state index in [1.807, 2.05) is 0 Å². The van der Waals surface area contributed by atoms with Crippen molar-refractivity contribution in [3.8, 4) is 0 Å². The first kappa shape index (κ1) is 12.2. The number of carboxylic acids is 1. The van der Waals surface area contributed by atoms with Gasteiger partial charge in [-0.1, -0.05) is 18.2 Å². The number of aliphatic carboxylic acids is 1. The molecule has 0 aliphatic carbocycles. The molecule has 0 heterocycles. The van der Waals surface area contributed by atoms with Gasteiger partial charge in [0.2, 0.25) is 0 Å². The minimum atomic E-state index is -1.14. The molecule has 2 unspecified atom stereocenters. The molecule has 1 rings (SSSR count). The zero-order valence-corrected chi connectivity index (χ0v) is 8.88. The van der Waals surface area contributed by atoms with Crippen molar-refractivity contribution < 1.29 is 14.7 Å². The molecule has 0 fully saturated rings. The number of carboxylic acid groups (broad SMARTS) is 1. The van der Waals surface area contributed by atoms with E-state index < -0.39 is 18.1 Å². The lowest BCUT2D eigenvalue weighted by Gasteiger charge is -2.17. The molecule has 1 aromatic rings. The molecule has 0 saturated carbocycles. The summed E-state index contributed by atoms with van der Waals surface area (Å²) in [5.74, 6) is -1.47. The fourth-order valence-corrected chi connectivity index (χ4v) is 1.18. The predicted octanol–water partition coefficient (Wildman–Crippen LogP) is 0.217. The van der Waals surface area contributed by atoms with Crippen LogP contribution in [0.4, 0.5) is 0 Å². The van der Waals surface area contributed by atoms with Crippen molar-refractivity contribution in [1.29, 1.82) is 0 Å². The number of hydrogen-bond donors (Lipinski definition) is 3. The van der Waals surface area contributed by atoms with Gasteiger partial charge in [-0.25, -0.2) is 0 Å². The Balaban J connectivity index is 2.62. The highest BCUT2D eigenvalue weighted by Gasteiger charge is 2.21. The van der Waals surface area contributed by atoms with Gasteiger partial charge in [-0.3, -0.25) is 9.59 Å². The number of rotatable bonds is 4. The second-order valence-electron chi connectivity index (χ2n) is 3.49. The average molecular weight is 222 g/mol. The van der Waals surface area contributed by atoms with E-state index in [1.54, 1.807) is 37.3 Å². The fraction of sp³-hybridized carbons (Fsp3) is 0.273. The Bertz CT molecular complexity index is 378. The molecular weight excluding hydrogens is 208 g/mol. The Kier molecular flexibility index (Phi) is 4.02. The molecule has 5 heteroatoms. The van der Waals surface area contributed by atoms with Gasteiger partial charge in [0.1, 0.15) is 6.04 Å². The Labute approximate surface area is 93.3 Å². The van der Waals surface area contributed by atoms with E-state index in [2.05, 4.69) is 5.32 Å². The first-order chi connectivity index (χ1) is 7.52. The monoisotopic (exact) mass is 222 g/mol. The SMILES string of the molecule is CC(NC(=O)c1ccccc1)C(N)C(=O)O. The minimum absolute atomic E-state index is 0.329. The third kappa shape index (κ3) is 3.06. The van der Waals surface area contributed by atoms with E-state index in [-0.39, 0.29) is 5.91 Å². The lowest BCUT2D eigenvalue weighted by Crippen LogP contribution is -2.49. The molecule has 16 heavy (non-hydrogen) atoms. The Hall–Kier alpha value is -1.88. The zero-order valence-electron chi connectivity index (χ0n) is 8.88. The highest BCUT2D eigenvalue weighted by Crippen LogP contribution is 1.99. The lowest BCUT2D eigenvalue weighted by atomic mass is 10.1. The van der Waals surface area contributed by atoms with Crippen LogP contribution in [0, 0.1) is 0 Å². The molecule has 4 N–H and O–H groups in total. The number of amides is 1. The summed E-state index contributed by atoms with van der Waals surface area (Å²) >= 11 is 0. The number of benzene rings is 1. The van der Waals surface area contributed by atoms with E-state index in [9.17, 15) is 9.59 Å². The van der Waals surface area contributed by atoms with Crippen LogP contribution >= 0.6 is 0 Å². The molecule has 0 bridgehead atoms. The van der Waals surface area contributed by atoms with Crippen LogP contribution in [0.2, 0.25) is 0 Å². The van der Waals surface area contributed by atoms with Crippen molar-refractivity contribution in [2.75, 3.05) is 0 Å². The summed E-state index contributed by atoms with van der Waals surface area (Å²) in [6.45, 7) is 1.56. The van der Waals surface area contributed by atoms with Crippen LogP contribution in [-0.4, -0.2) is 29.1 Å².